The van der Waals surface area contributed by atoms with Crippen molar-refractivity contribution in [2.45, 2.75) is 25.7 Å². The van der Waals surface area contributed by atoms with Crippen LogP contribution in [0, 0.1) is 0 Å². The second kappa shape index (κ2) is 14.2. The topological polar surface area (TPSA) is 65.1 Å². The number of amides is 1. The fraction of sp³-hybridized carbons (Fsp3) is 0.171. The average Bonchev–Trinajstić information content (AvgIpc) is 3.05. The van der Waals surface area contributed by atoms with Crippen LogP contribution in [0.25, 0.3) is 10.8 Å². The Balaban J connectivity index is 1.36. The number of hydrogen-bond acceptors (Lipinski definition) is 5. The number of phosphoric ester groups is 1. The molecule has 0 fully saturated rings. The molecule has 0 bridgehead atoms. The van der Waals surface area contributed by atoms with Gasteiger partial charge in [-0.25, -0.2) is 4.57 Å². The summed E-state index contributed by atoms with van der Waals surface area (Å²) >= 11 is 0. The third-order valence-electron chi connectivity index (χ3n) is 7.07. The van der Waals surface area contributed by atoms with Gasteiger partial charge in [0.05, 0.1) is 25.9 Å². The highest BCUT2D eigenvalue weighted by molar-refractivity contribution is 7.48. The molecule has 0 aliphatic rings. The SMILES string of the molecule is CN(C(=O)c1ccc2ccccc2c1)C(COP(=O)(OCc1ccccc1)OCc1ccccc1)Cc1ccccc1. The lowest BCUT2D eigenvalue weighted by Crippen LogP contribution is -2.41. The van der Waals surface area contributed by atoms with E-state index in [2.05, 4.69) is 0 Å². The minimum atomic E-state index is -4.02. The van der Waals surface area contributed by atoms with Crippen LogP contribution in [0.3, 0.4) is 0 Å². The van der Waals surface area contributed by atoms with Crippen LogP contribution in [-0.2, 0) is 37.8 Å². The third-order valence-corrected chi connectivity index (χ3v) is 8.42. The molecule has 0 heterocycles. The van der Waals surface area contributed by atoms with Gasteiger partial charge in [-0.3, -0.25) is 18.4 Å². The summed E-state index contributed by atoms with van der Waals surface area (Å²) in [4.78, 5) is 15.4. The summed E-state index contributed by atoms with van der Waals surface area (Å²) in [5.41, 5.74) is 3.27. The Kier molecular flexibility index (Phi) is 9.96. The number of benzene rings is 5. The molecule has 6 nitrogen and oxygen atoms in total. The molecule has 1 unspecified atom stereocenters. The predicted octanol–water partition coefficient (Wildman–Crippen LogP) is 8.08. The maximum atomic E-state index is 14.0. The summed E-state index contributed by atoms with van der Waals surface area (Å²) in [6.45, 7) is 0.0653. The molecule has 42 heavy (non-hydrogen) atoms. The van der Waals surface area contributed by atoms with E-state index < -0.39 is 13.9 Å². The first-order valence-corrected chi connectivity index (χ1v) is 15.4. The third kappa shape index (κ3) is 8.03. The molecule has 1 amide bonds. The van der Waals surface area contributed by atoms with Crippen molar-refractivity contribution in [3.05, 3.63) is 156 Å². The second-order valence-electron chi connectivity index (χ2n) is 10.1. The van der Waals surface area contributed by atoms with E-state index in [-0.39, 0.29) is 25.7 Å². The van der Waals surface area contributed by atoms with E-state index in [9.17, 15) is 9.36 Å². The van der Waals surface area contributed by atoms with Gasteiger partial charge in [-0.1, -0.05) is 121 Å². The van der Waals surface area contributed by atoms with Crippen molar-refractivity contribution in [2.75, 3.05) is 13.7 Å². The van der Waals surface area contributed by atoms with Crippen molar-refractivity contribution in [1.29, 1.82) is 0 Å². The first kappa shape index (κ1) is 29.4. The molecule has 5 aromatic rings. The van der Waals surface area contributed by atoms with Crippen molar-refractivity contribution in [1.82, 2.24) is 4.90 Å². The Hall–Kier alpha value is -4.06. The smallest absolute Gasteiger partial charge is 0.336 e. The van der Waals surface area contributed by atoms with Crippen molar-refractivity contribution in [3.63, 3.8) is 0 Å². The molecule has 0 spiro atoms. The zero-order valence-electron chi connectivity index (χ0n) is 23.5. The molecule has 5 rings (SSSR count). The standard InChI is InChI=1S/C35H34NO5P/c1-36(35(37)33-22-21-31-19-11-12-20-32(31)24-33)34(23-28-13-5-2-6-14-28)27-41-42(38,39-25-29-15-7-3-8-16-29)40-26-30-17-9-4-10-18-30/h2-22,24,34H,23,25-27H2,1H3. The Morgan fingerprint density at radius 3 is 1.71 bits per heavy atom. The van der Waals surface area contributed by atoms with Crippen LogP contribution in [0.15, 0.2) is 133 Å². The monoisotopic (exact) mass is 579 g/mol. The van der Waals surface area contributed by atoms with Gasteiger partial charge in [0.15, 0.2) is 0 Å². The van der Waals surface area contributed by atoms with Crippen molar-refractivity contribution < 1.29 is 22.9 Å². The van der Waals surface area contributed by atoms with Gasteiger partial charge in [-0.15, -0.1) is 0 Å². The normalized spacial score (nSPS) is 12.2. The maximum absolute atomic E-state index is 14.0. The zero-order chi connectivity index (χ0) is 29.2. The fourth-order valence-electron chi connectivity index (χ4n) is 4.63. The molecule has 7 heteroatoms. The second-order valence-corrected chi connectivity index (χ2v) is 11.8. The van der Waals surface area contributed by atoms with Gasteiger partial charge in [0.1, 0.15) is 0 Å². The van der Waals surface area contributed by atoms with E-state index in [0.29, 0.717) is 12.0 Å². The molecule has 0 saturated heterocycles. The highest BCUT2D eigenvalue weighted by Gasteiger charge is 2.31. The molecule has 0 saturated carbocycles. The van der Waals surface area contributed by atoms with E-state index in [1.54, 1.807) is 11.9 Å². The molecule has 5 aromatic carbocycles. The molecule has 0 aromatic heterocycles. The number of phosphoric acid groups is 1. The molecular formula is C35H34NO5P. The van der Waals surface area contributed by atoms with E-state index >= 15 is 0 Å². The van der Waals surface area contributed by atoms with Crippen LogP contribution in [0.4, 0.5) is 0 Å². The average molecular weight is 580 g/mol. The van der Waals surface area contributed by atoms with E-state index in [1.807, 2.05) is 133 Å². The van der Waals surface area contributed by atoms with Crippen LogP contribution < -0.4 is 0 Å². The van der Waals surface area contributed by atoms with Crippen molar-refractivity contribution in [3.8, 4) is 0 Å². The van der Waals surface area contributed by atoms with Gasteiger partial charge < -0.3 is 4.90 Å². The first-order chi connectivity index (χ1) is 20.5. The number of likely N-dealkylation sites (N-methyl/N-ethyl adjacent to an activating group) is 1. The fourth-order valence-corrected chi connectivity index (χ4v) is 5.82. The van der Waals surface area contributed by atoms with E-state index in [4.69, 9.17) is 13.6 Å². The van der Waals surface area contributed by atoms with Gasteiger partial charge in [0.2, 0.25) is 0 Å². The Labute approximate surface area is 247 Å². The Morgan fingerprint density at radius 2 is 1.14 bits per heavy atom. The number of carbonyl (C=O) groups is 1. The van der Waals surface area contributed by atoms with Crippen LogP contribution in [0.5, 0.6) is 0 Å². The molecule has 0 N–H and O–H groups in total. The van der Waals surface area contributed by atoms with Crippen molar-refractivity contribution in [2.24, 2.45) is 0 Å². The van der Waals surface area contributed by atoms with E-state index in [1.165, 1.54) is 0 Å². The molecular weight excluding hydrogens is 545 g/mol. The van der Waals surface area contributed by atoms with Gasteiger partial charge in [0, 0.05) is 12.6 Å². The summed E-state index contributed by atoms with van der Waals surface area (Å²) in [7, 11) is -2.28. The molecule has 0 aliphatic heterocycles. The minimum Gasteiger partial charge on any atom is -0.336 e. The lowest BCUT2D eigenvalue weighted by atomic mass is 10.0. The molecule has 0 radical (unpaired) electrons. The van der Waals surface area contributed by atoms with Gasteiger partial charge in [0.25, 0.3) is 5.91 Å². The zero-order valence-corrected chi connectivity index (χ0v) is 24.4. The lowest BCUT2D eigenvalue weighted by Gasteiger charge is -2.30. The summed E-state index contributed by atoms with van der Waals surface area (Å²) in [6, 6.07) is 41.9. The number of carbonyl (C=O) groups excluding carboxylic acids is 1. The summed E-state index contributed by atoms with van der Waals surface area (Å²) in [5, 5.41) is 2.05. The molecule has 0 aliphatic carbocycles. The van der Waals surface area contributed by atoms with Crippen LogP contribution in [0.1, 0.15) is 27.0 Å². The number of fused-ring (bicyclic) bond motifs is 1. The first-order valence-electron chi connectivity index (χ1n) is 13.9. The quantitative estimate of drug-likeness (QED) is 0.132. The largest absolute Gasteiger partial charge is 0.475 e. The van der Waals surface area contributed by atoms with Gasteiger partial charge >= 0.3 is 7.82 Å². The van der Waals surface area contributed by atoms with Gasteiger partial charge in [-0.05, 0) is 46.0 Å². The van der Waals surface area contributed by atoms with Crippen LogP contribution in [-0.4, -0.2) is 30.5 Å². The number of hydrogen-bond donors (Lipinski definition) is 0. The van der Waals surface area contributed by atoms with Crippen LogP contribution >= 0.6 is 7.82 Å². The number of nitrogens with zero attached hydrogens (tertiary/aromatic N) is 1. The molecule has 214 valence electrons. The van der Waals surface area contributed by atoms with Gasteiger partial charge in [-0.2, -0.15) is 0 Å². The number of rotatable bonds is 13. The highest BCUT2D eigenvalue weighted by atomic mass is 31.2. The van der Waals surface area contributed by atoms with Crippen molar-refractivity contribution >= 4 is 24.5 Å². The van der Waals surface area contributed by atoms with E-state index in [0.717, 1.165) is 27.5 Å². The minimum absolute atomic E-state index is 0.0500. The lowest BCUT2D eigenvalue weighted by molar-refractivity contribution is 0.0566. The predicted molar refractivity (Wildman–Crippen MR) is 166 cm³/mol. The highest BCUT2D eigenvalue weighted by Crippen LogP contribution is 2.51. The summed E-state index contributed by atoms with van der Waals surface area (Å²) in [6.07, 6.45) is 0.494. The van der Waals surface area contributed by atoms with Crippen LogP contribution in [0.2, 0.25) is 0 Å². The molecule has 1 atom stereocenters. The maximum Gasteiger partial charge on any atom is 0.475 e. The summed E-state index contributed by atoms with van der Waals surface area (Å²) in [5.74, 6) is -0.157. The summed E-state index contributed by atoms with van der Waals surface area (Å²) < 4.78 is 31.6. The Bertz CT molecular complexity index is 1580. The Morgan fingerprint density at radius 1 is 0.643 bits per heavy atom.